The van der Waals surface area contributed by atoms with Gasteiger partial charge in [0.05, 0.1) is 14.7 Å². The first-order valence-corrected chi connectivity index (χ1v) is 6.59. The number of aromatic carboxylic acids is 1. The zero-order valence-corrected chi connectivity index (χ0v) is 12.3. The van der Waals surface area contributed by atoms with Gasteiger partial charge in [0, 0.05) is 12.3 Å². The summed E-state index contributed by atoms with van der Waals surface area (Å²) in [4.78, 5) is 14.6. The van der Waals surface area contributed by atoms with Crippen molar-refractivity contribution in [3.05, 3.63) is 51.2 Å². The number of carboxylic acids is 1. The molecule has 1 N–H and O–H groups in total. The average molecular weight is 409 g/mol. The van der Waals surface area contributed by atoms with Gasteiger partial charge in [0.1, 0.15) is 5.75 Å². The van der Waals surface area contributed by atoms with Crippen molar-refractivity contribution in [2.45, 2.75) is 6.18 Å². The summed E-state index contributed by atoms with van der Waals surface area (Å²) in [5, 5.41) is 8.89. The Bertz CT molecular complexity index is 689. The van der Waals surface area contributed by atoms with Crippen molar-refractivity contribution in [3.8, 4) is 11.6 Å². The zero-order valence-electron chi connectivity index (χ0n) is 10.2. The Labute approximate surface area is 130 Å². The molecule has 0 fully saturated rings. The molecule has 1 aromatic heterocycles. The van der Waals surface area contributed by atoms with Crippen LogP contribution in [0.1, 0.15) is 15.9 Å². The minimum atomic E-state index is -4.50. The molecule has 21 heavy (non-hydrogen) atoms. The Morgan fingerprint density at radius 2 is 1.95 bits per heavy atom. The number of nitrogens with zero attached hydrogens (tertiary/aromatic N) is 1. The predicted octanol–water partition coefficient (Wildman–Crippen LogP) is 4.20. The summed E-state index contributed by atoms with van der Waals surface area (Å²) in [5.41, 5.74) is -0.922. The number of hydrogen-bond acceptors (Lipinski definition) is 3. The van der Waals surface area contributed by atoms with E-state index in [1.54, 1.807) is 0 Å². The van der Waals surface area contributed by atoms with Gasteiger partial charge < -0.3 is 9.84 Å². The normalized spacial score (nSPS) is 11.2. The number of hydrogen-bond donors (Lipinski definition) is 1. The number of carbonyl (C=O) groups is 1. The average Bonchev–Trinajstić information content (AvgIpc) is 2.40. The van der Waals surface area contributed by atoms with Gasteiger partial charge in [0.2, 0.25) is 5.88 Å². The van der Waals surface area contributed by atoms with Crippen LogP contribution >= 0.6 is 22.6 Å². The molecule has 0 unspecified atom stereocenters. The van der Waals surface area contributed by atoms with Crippen molar-refractivity contribution >= 4 is 28.6 Å². The van der Waals surface area contributed by atoms with Crippen LogP contribution in [0.25, 0.3) is 0 Å². The van der Waals surface area contributed by atoms with Gasteiger partial charge >= 0.3 is 12.1 Å². The molecule has 2 rings (SSSR count). The van der Waals surface area contributed by atoms with E-state index in [0.29, 0.717) is 3.57 Å². The number of ether oxygens (including phenoxy) is 1. The largest absolute Gasteiger partial charge is 0.478 e. The second-order valence-electron chi connectivity index (χ2n) is 3.93. The van der Waals surface area contributed by atoms with Gasteiger partial charge in [-0.1, -0.05) is 0 Å². The molecule has 110 valence electrons. The van der Waals surface area contributed by atoms with E-state index in [0.717, 1.165) is 18.3 Å². The maximum absolute atomic E-state index is 12.6. The summed E-state index contributed by atoms with van der Waals surface area (Å²) in [6.45, 7) is 0. The molecule has 0 saturated heterocycles. The molecule has 0 bridgehead atoms. The van der Waals surface area contributed by atoms with Gasteiger partial charge in [-0.3, -0.25) is 0 Å². The van der Waals surface area contributed by atoms with Crippen molar-refractivity contribution in [1.82, 2.24) is 4.98 Å². The van der Waals surface area contributed by atoms with Gasteiger partial charge in [-0.2, -0.15) is 13.2 Å². The predicted molar refractivity (Wildman–Crippen MR) is 75.4 cm³/mol. The number of carboxylic acid groups (broad SMARTS) is 1. The fourth-order valence-electron chi connectivity index (χ4n) is 1.47. The van der Waals surface area contributed by atoms with Gasteiger partial charge in [0.25, 0.3) is 0 Å². The molecule has 1 heterocycles. The minimum Gasteiger partial charge on any atom is -0.478 e. The van der Waals surface area contributed by atoms with E-state index in [1.807, 2.05) is 22.6 Å². The van der Waals surface area contributed by atoms with E-state index >= 15 is 0 Å². The highest BCUT2D eigenvalue weighted by molar-refractivity contribution is 14.1. The molecule has 4 nitrogen and oxygen atoms in total. The van der Waals surface area contributed by atoms with Gasteiger partial charge in [-0.25, -0.2) is 9.78 Å². The number of alkyl halides is 3. The van der Waals surface area contributed by atoms with Crippen LogP contribution < -0.4 is 4.74 Å². The Kier molecular flexibility index (Phi) is 4.35. The third kappa shape index (κ3) is 3.84. The lowest BCUT2D eigenvalue weighted by molar-refractivity contribution is -0.137. The van der Waals surface area contributed by atoms with E-state index in [4.69, 9.17) is 9.84 Å². The lowest BCUT2D eigenvalue weighted by Gasteiger charge is -2.10. The van der Waals surface area contributed by atoms with Crippen molar-refractivity contribution in [1.29, 1.82) is 0 Å². The molecule has 0 aliphatic rings. The van der Waals surface area contributed by atoms with Crippen LogP contribution in [0.5, 0.6) is 11.6 Å². The number of halogens is 4. The third-order valence-electron chi connectivity index (χ3n) is 2.45. The van der Waals surface area contributed by atoms with Crippen molar-refractivity contribution in [2.75, 3.05) is 0 Å². The molecular weight excluding hydrogens is 402 g/mol. The van der Waals surface area contributed by atoms with Crippen molar-refractivity contribution < 1.29 is 27.8 Å². The lowest BCUT2D eigenvalue weighted by atomic mass is 10.2. The Morgan fingerprint density at radius 3 is 2.57 bits per heavy atom. The van der Waals surface area contributed by atoms with Crippen LogP contribution in [0.4, 0.5) is 13.2 Å². The molecule has 2 aromatic rings. The highest BCUT2D eigenvalue weighted by Crippen LogP contribution is 2.32. The summed E-state index contributed by atoms with van der Waals surface area (Å²) in [5.74, 6) is -1.29. The number of benzene rings is 1. The zero-order chi connectivity index (χ0) is 15.6. The number of pyridine rings is 1. The summed E-state index contributed by atoms with van der Waals surface area (Å²) in [7, 11) is 0. The summed E-state index contributed by atoms with van der Waals surface area (Å²) in [6, 6.07) is 5.67. The molecule has 0 aliphatic carbocycles. The van der Waals surface area contributed by atoms with E-state index in [9.17, 15) is 18.0 Å². The summed E-state index contributed by atoms with van der Waals surface area (Å²) >= 11 is 1.88. The van der Waals surface area contributed by atoms with Gasteiger partial charge in [-0.15, -0.1) is 0 Å². The topological polar surface area (TPSA) is 59.4 Å². The second kappa shape index (κ2) is 5.88. The van der Waals surface area contributed by atoms with Crippen LogP contribution in [0.2, 0.25) is 0 Å². The van der Waals surface area contributed by atoms with Crippen molar-refractivity contribution in [3.63, 3.8) is 0 Å². The first-order chi connectivity index (χ1) is 9.77. The number of rotatable bonds is 3. The van der Waals surface area contributed by atoms with Crippen LogP contribution in [-0.2, 0) is 6.18 Å². The molecule has 0 saturated carbocycles. The first-order valence-electron chi connectivity index (χ1n) is 5.51. The van der Waals surface area contributed by atoms with E-state index < -0.39 is 17.7 Å². The lowest BCUT2D eigenvalue weighted by Crippen LogP contribution is -2.05. The maximum atomic E-state index is 12.6. The molecule has 0 radical (unpaired) electrons. The summed E-state index contributed by atoms with van der Waals surface area (Å²) in [6.07, 6.45) is -3.52. The monoisotopic (exact) mass is 409 g/mol. The third-order valence-corrected chi connectivity index (χ3v) is 3.35. The van der Waals surface area contributed by atoms with E-state index in [1.165, 1.54) is 18.2 Å². The van der Waals surface area contributed by atoms with Gasteiger partial charge in [-0.05, 0) is 46.9 Å². The maximum Gasteiger partial charge on any atom is 0.416 e. The molecule has 0 amide bonds. The van der Waals surface area contributed by atoms with Crippen LogP contribution in [0.3, 0.4) is 0 Å². The molecular formula is C13H7F3INO3. The van der Waals surface area contributed by atoms with Crippen LogP contribution in [-0.4, -0.2) is 16.1 Å². The highest BCUT2D eigenvalue weighted by atomic mass is 127. The van der Waals surface area contributed by atoms with Crippen LogP contribution in [0.15, 0.2) is 36.5 Å². The highest BCUT2D eigenvalue weighted by Gasteiger charge is 2.31. The molecule has 0 atom stereocenters. The standard InChI is InChI=1S/C13H7F3INO3/c14-13(15,16)8-3-4-18-11(6-8)21-10-5-7(12(19)20)1-2-9(10)17/h1-6H,(H,19,20). The molecule has 1 aromatic carbocycles. The second-order valence-corrected chi connectivity index (χ2v) is 5.10. The van der Waals surface area contributed by atoms with E-state index in [-0.39, 0.29) is 17.2 Å². The number of aromatic nitrogens is 1. The molecule has 0 spiro atoms. The Morgan fingerprint density at radius 1 is 1.24 bits per heavy atom. The fourth-order valence-corrected chi connectivity index (χ4v) is 1.91. The fraction of sp³-hybridized carbons (Fsp3) is 0.0769. The quantitative estimate of drug-likeness (QED) is 0.773. The smallest absolute Gasteiger partial charge is 0.416 e. The summed E-state index contributed by atoms with van der Waals surface area (Å²) < 4.78 is 43.6. The Hall–Kier alpha value is -1.84. The van der Waals surface area contributed by atoms with Crippen LogP contribution in [0, 0.1) is 3.57 Å². The van der Waals surface area contributed by atoms with Gasteiger partial charge in [0.15, 0.2) is 0 Å². The van der Waals surface area contributed by atoms with E-state index in [2.05, 4.69) is 4.98 Å². The SMILES string of the molecule is O=C(O)c1ccc(I)c(Oc2cc(C(F)(F)F)ccn2)c1. The minimum absolute atomic E-state index is 0.0302. The molecule has 8 heteroatoms. The Balaban J connectivity index is 2.34. The van der Waals surface area contributed by atoms with Crippen molar-refractivity contribution in [2.24, 2.45) is 0 Å². The first kappa shape index (κ1) is 15.5. The molecule has 0 aliphatic heterocycles.